The first-order valence-corrected chi connectivity index (χ1v) is 10.9. The van der Waals surface area contributed by atoms with Crippen LogP contribution in [0.1, 0.15) is 81.7 Å². The number of hydrogen-bond donors (Lipinski definition) is 2. The second-order valence-corrected chi connectivity index (χ2v) is 9.64. The van der Waals surface area contributed by atoms with Crippen molar-refractivity contribution in [1.82, 2.24) is 5.32 Å². The van der Waals surface area contributed by atoms with E-state index >= 15 is 0 Å². The highest BCUT2D eigenvalue weighted by Gasteiger charge is 2.34. The molecular weight excluding hydrogens is 342 g/mol. The number of carbonyl (C=O) groups excluding carboxylic acids is 1. The van der Waals surface area contributed by atoms with Crippen molar-refractivity contribution in [3.05, 3.63) is 16.0 Å². The van der Waals surface area contributed by atoms with Crippen molar-refractivity contribution in [2.75, 3.05) is 5.32 Å². The van der Waals surface area contributed by atoms with E-state index in [0.29, 0.717) is 16.9 Å². The number of anilines is 1. The minimum Gasteiger partial charge on any atom is -0.335 e. The molecule has 0 spiro atoms. The molecule has 1 fully saturated rings. The van der Waals surface area contributed by atoms with Crippen molar-refractivity contribution in [2.24, 2.45) is 11.3 Å². The molecule has 1 aromatic heterocycles. The van der Waals surface area contributed by atoms with E-state index in [-0.39, 0.29) is 12.1 Å². The van der Waals surface area contributed by atoms with Crippen LogP contribution in [0.2, 0.25) is 0 Å². The summed E-state index contributed by atoms with van der Waals surface area (Å²) in [6.45, 7) is 6.95. The summed E-state index contributed by atoms with van der Waals surface area (Å²) in [5, 5.41) is 16.5. The molecule has 0 radical (unpaired) electrons. The highest BCUT2D eigenvalue weighted by molar-refractivity contribution is 7.16. The zero-order chi connectivity index (χ0) is 18.7. The zero-order valence-corrected chi connectivity index (χ0v) is 17.1. The Balaban J connectivity index is 1.71. The lowest BCUT2D eigenvalue weighted by Crippen LogP contribution is -2.38. The lowest BCUT2D eigenvalue weighted by atomic mass is 9.69. The van der Waals surface area contributed by atoms with Crippen molar-refractivity contribution in [3.8, 4) is 6.07 Å². The van der Waals surface area contributed by atoms with Gasteiger partial charge in [-0.05, 0) is 49.0 Å². The molecule has 0 aromatic carbocycles. The van der Waals surface area contributed by atoms with E-state index in [4.69, 9.17) is 0 Å². The highest BCUT2D eigenvalue weighted by Crippen LogP contribution is 2.45. The van der Waals surface area contributed by atoms with Crippen LogP contribution in [0.4, 0.5) is 9.80 Å². The predicted molar refractivity (Wildman–Crippen MR) is 108 cm³/mol. The smallest absolute Gasteiger partial charge is 0.320 e. The molecule has 5 heteroatoms. The fourth-order valence-electron chi connectivity index (χ4n) is 4.32. The molecule has 0 saturated heterocycles. The maximum atomic E-state index is 12.4. The summed E-state index contributed by atoms with van der Waals surface area (Å²) in [5.74, 6) is 0.647. The van der Waals surface area contributed by atoms with Crippen molar-refractivity contribution in [2.45, 2.75) is 84.6 Å². The summed E-state index contributed by atoms with van der Waals surface area (Å²) >= 11 is 1.61. The third-order valence-electron chi connectivity index (χ3n) is 6.56. The molecule has 2 aliphatic rings. The van der Waals surface area contributed by atoms with E-state index in [1.807, 2.05) is 0 Å². The first kappa shape index (κ1) is 19.2. The summed E-state index contributed by atoms with van der Waals surface area (Å²) in [7, 11) is 0. The van der Waals surface area contributed by atoms with E-state index in [0.717, 1.165) is 37.1 Å². The van der Waals surface area contributed by atoms with Crippen molar-refractivity contribution in [3.63, 3.8) is 0 Å². The van der Waals surface area contributed by atoms with Crippen molar-refractivity contribution >= 4 is 22.4 Å². The van der Waals surface area contributed by atoms with Gasteiger partial charge in [0.15, 0.2) is 0 Å². The topological polar surface area (TPSA) is 64.9 Å². The highest BCUT2D eigenvalue weighted by atomic mass is 32.1. The molecule has 1 heterocycles. The van der Waals surface area contributed by atoms with E-state index in [1.54, 1.807) is 11.3 Å². The second-order valence-electron chi connectivity index (χ2n) is 8.53. The predicted octanol–water partition coefficient (Wildman–Crippen LogP) is 5.62. The average Bonchev–Trinajstić information content (AvgIpc) is 2.98. The largest absolute Gasteiger partial charge is 0.335 e. The Morgan fingerprint density at radius 3 is 2.65 bits per heavy atom. The number of urea groups is 1. The fourth-order valence-corrected chi connectivity index (χ4v) is 5.59. The summed E-state index contributed by atoms with van der Waals surface area (Å²) in [6, 6.07) is 2.47. The number of fused-ring (bicyclic) bond motifs is 1. The normalized spacial score (nSPS) is 20.9. The Bertz CT molecular complexity index is 695. The third kappa shape index (κ3) is 4.06. The summed E-state index contributed by atoms with van der Waals surface area (Å²) in [5.41, 5.74) is 2.19. The molecular formula is C21H31N3OS. The molecule has 1 atom stereocenters. The number of rotatable bonds is 4. The maximum Gasteiger partial charge on any atom is 0.320 e. The number of nitriles is 1. The Morgan fingerprint density at radius 2 is 2.00 bits per heavy atom. The first-order valence-electron chi connectivity index (χ1n) is 10.1. The van der Waals surface area contributed by atoms with Gasteiger partial charge in [0.05, 0.1) is 5.56 Å². The molecule has 1 aromatic rings. The van der Waals surface area contributed by atoms with Crippen LogP contribution in [0, 0.1) is 22.7 Å². The van der Waals surface area contributed by atoms with Crippen LogP contribution in [0.5, 0.6) is 0 Å². The number of nitrogens with zero attached hydrogens (tertiary/aromatic N) is 1. The Kier molecular flexibility index (Phi) is 5.92. The first-order chi connectivity index (χ1) is 12.4. The minimum absolute atomic E-state index is 0.155. The van der Waals surface area contributed by atoms with Crippen LogP contribution in [-0.4, -0.2) is 12.1 Å². The molecule has 4 nitrogen and oxygen atoms in total. The molecule has 1 unspecified atom stereocenters. The summed E-state index contributed by atoms with van der Waals surface area (Å²) < 4.78 is 0. The quantitative estimate of drug-likeness (QED) is 0.720. The Hall–Kier alpha value is -1.54. The van der Waals surface area contributed by atoms with Gasteiger partial charge in [0.25, 0.3) is 0 Å². The number of nitrogens with one attached hydrogen (secondary N) is 2. The van der Waals surface area contributed by atoms with Gasteiger partial charge in [-0.1, -0.05) is 46.5 Å². The van der Waals surface area contributed by atoms with E-state index < -0.39 is 0 Å². The molecule has 2 aliphatic carbocycles. The number of thiophene rings is 1. The lowest BCUT2D eigenvalue weighted by Gasteiger charge is -2.36. The van der Waals surface area contributed by atoms with Crippen LogP contribution in [0.3, 0.4) is 0 Å². The molecule has 1 saturated carbocycles. The van der Waals surface area contributed by atoms with Gasteiger partial charge in [-0.25, -0.2) is 4.79 Å². The van der Waals surface area contributed by atoms with Gasteiger partial charge in [0.1, 0.15) is 11.1 Å². The maximum absolute atomic E-state index is 12.4. The van der Waals surface area contributed by atoms with E-state index in [9.17, 15) is 10.1 Å². The molecule has 0 aliphatic heterocycles. The Morgan fingerprint density at radius 1 is 1.27 bits per heavy atom. The molecule has 142 valence electrons. The molecule has 0 bridgehead atoms. The third-order valence-corrected chi connectivity index (χ3v) is 7.73. The van der Waals surface area contributed by atoms with E-state index in [1.165, 1.54) is 36.1 Å². The molecule has 3 rings (SSSR count). The van der Waals surface area contributed by atoms with Crippen LogP contribution in [0.25, 0.3) is 0 Å². The van der Waals surface area contributed by atoms with Gasteiger partial charge in [0.2, 0.25) is 0 Å². The van der Waals surface area contributed by atoms with Gasteiger partial charge >= 0.3 is 6.03 Å². The molecule has 2 amide bonds. The van der Waals surface area contributed by atoms with Crippen molar-refractivity contribution in [1.29, 1.82) is 5.26 Å². The van der Waals surface area contributed by atoms with Crippen LogP contribution < -0.4 is 10.6 Å². The SMILES string of the molecule is CCC(C)(C)C1CCc2c(sc(NC(=O)NC3CCCCC3)c2C#N)C1. The molecule has 26 heavy (non-hydrogen) atoms. The van der Waals surface area contributed by atoms with Crippen LogP contribution in [0.15, 0.2) is 0 Å². The number of carbonyl (C=O) groups is 1. The van der Waals surface area contributed by atoms with Gasteiger partial charge in [0, 0.05) is 10.9 Å². The fraction of sp³-hybridized carbons (Fsp3) is 0.714. The molecule has 2 N–H and O–H groups in total. The van der Waals surface area contributed by atoms with Crippen LogP contribution >= 0.6 is 11.3 Å². The minimum atomic E-state index is -0.155. The van der Waals surface area contributed by atoms with Gasteiger partial charge < -0.3 is 5.32 Å². The average molecular weight is 374 g/mol. The zero-order valence-electron chi connectivity index (χ0n) is 16.3. The number of hydrogen-bond acceptors (Lipinski definition) is 3. The summed E-state index contributed by atoms with van der Waals surface area (Å²) in [4.78, 5) is 13.7. The van der Waals surface area contributed by atoms with Gasteiger partial charge in [-0.15, -0.1) is 11.3 Å². The lowest BCUT2D eigenvalue weighted by molar-refractivity contribution is 0.184. The second kappa shape index (κ2) is 8.00. The van der Waals surface area contributed by atoms with Gasteiger partial charge in [-0.3, -0.25) is 5.32 Å². The van der Waals surface area contributed by atoms with Crippen molar-refractivity contribution < 1.29 is 4.79 Å². The Labute approximate surface area is 161 Å². The number of amides is 2. The summed E-state index contributed by atoms with van der Waals surface area (Å²) in [6.07, 6.45) is 10.1. The van der Waals surface area contributed by atoms with E-state index in [2.05, 4.69) is 37.5 Å². The van der Waals surface area contributed by atoms with Crippen LogP contribution in [-0.2, 0) is 12.8 Å². The standard InChI is InChI=1S/C21H31N3OS/c1-4-21(2,3)14-10-11-16-17(13-22)19(26-18(16)12-14)24-20(25)23-15-8-6-5-7-9-15/h14-15H,4-12H2,1-3H3,(H2,23,24,25). The monoisotopic (exact) mass is 373 g/mol. The van der Waals surface area contributed by atoms with Gasteiger partial charge in [-0.2, -0.15) is 5.26 Å².